The second kappa shape index (κ2) is 4.77. The van der Waals surface area contributed by atoms with E-state index in [0.29, 0.717) is 21.4 Å². The first-order valence-electron chi connectivity index (χ1n) is 4.85. The number of aryl methyl sites for hydroxylation is 1. The zero-order valence-electron chi connectivity index (χ0n) is 8.92. The SMILES string of the molecule is Cc1cc(C(=O)Nc2cccc(Cl)c2Cl)n[nH]1. The number of aromatic amines is 1. The molecule has 2 N–H and O–H groups in total. The number of halogens is 2. The Labute approximate surface area is 108 Å². The summed E-state index contributed by atoms with van der Waals surface area (Å²) in [4.78, 5) is 11.8. The van der Waals surface area contributed by atoms with Crippen LogP contribution in [0.25, 0.3) is 0 Å². The average Bonchev–Trinajstić information content (AvgIpc) is 2.72. The monoisotopic (exact) mass is 269 g/mol. The van der Waals surface area contributed by atoms with Crippen LogP contribution in [0.2, 0.25) is 10.0 Å². The standard InChI is InChI=1S/C11H9Cl2N3O/c1-6-5-9(16-15-6)11(17)14-8-4-2-3-7(12)10(8)13/h2-5H,1H3,(H,14,17)(H,15,16). The van der Waals surface area contributed by atoms with E-state index >= 15 is 0 Å². The maximum absolute atomic E-state index is 11.8. The van der Waals surface area contributed by atoms with Gasteiger partial charge in [-0.15, -0.1) is 0 Å². The lowest BCUT2D eigenvalue weighted by atomic mass is 10.3. The molecule has 1 aromatic heterocycles. The Hall–Kier alpha value is -1.52. The number of nitrogens with zero attached hydrogens (tertiary/aromatic N) is 1. The molecular formula is C11H9Cl2N3O. The number of rotatable bonds is 2. The molecule has 0 radical (unpaired) electrons. The Morgan fingerprint density at radius 3 is 2.82 bits per heavy atom. The Kier molecular flexibility index (Phi) is 3.36. The van der Waals surface area contributed by atoms with E-state index in [9.17, 15) is 4.79 Å². The molecule has 88 valence electrons. The van der Waals surface area contributed by atoms with Gasteiger partial charge in [0, 0.05) is 5.69 Å². The molecule has 0 aliphatic rings. The van der Waals surface area contributed by atoms with Gasteiger partial charge in [0.2, 0.25) is 0 Å². The van der Waals surface area contributed by atoms with E-state index in [2.05, 4.69) is 15.5 Å². The molecule has 0 saturated heterocycles. The molecule has 4 nitrogen and oxygen atoms in total. The molecule has 1 aromatic carbocycles. The van der Waals surface area contributed by atoms with Gasteiger partial charge in [0.1, 0.15) is 0 Å². The van der Waals surface area contributed by atoms with Crippen LogP contribution in [0.1, 0.15) is 16.2 Å². The highest BCUT2D eigenvalue weighted by atomic mass is 35.5. The fraction of sp³-hybridized carbons (Fsp3) is 0.0909. The van der Waals surface area contributed by atoms with Crippen molar-refractivity contribution in [3.05, 3.63) is 45.7 Å². The maximum atomic E-state index is 11.8. The third-order valence-electron chi connectivity index (χ3n) is 2.14. The van der Waals surface area contributed by atoms with Crippen molar-refractivity contribution < 1.29 is 4.79 Å². The first-order chi connectivity index (χ1) is 8.08. The molecule has 1 heterocycles. The quantitative estimate of drug-likeness (QED) is 0.879. The third kappa shape index (κ3) is 2.60. The highest BCUT2D eigenvalue weighted by Gasteiger charge is 2.12. The minimum Gasteiger partial charge on any atom is -0.319 e. The van der Waals surface area contributed by atoms with Crippen LogP contribution in [0.3, 0.4) is 0 Å². The number of H-pyrrole nitrogens is 1. The van der Waals surface area contributed by atoms with Gasteiger partial charge in [0.25, 0.3) is 5.91 Å². The van der Waals surface area contributed by atoms with Crippen LogP contribution < -0.4 is 5.32 Å². The van der Waals surface area contributed by atoms with Crippen molar-refractivity contribution >= 4 is 34.8 Å². The third-order valence-corrected chi connectivity index (χ3v) is 2.96. The topological polar surface area (TPSA) is 57.8 Å². The number of anilines is 1. The van der Waals surface area contributed by atoms with Crippen LogP contribution in [-0.4, -0.2) is 16.1 Å². The molecule has 0 fully saturated rings. The van der Waals surface area contributed by atoms with Gasteiger partial charge >= 0.3 is 0 Å². The normalized spacial score (nSPS) is 10.3. The van der Waals surface area contributed by atoms with Gasteiger partial charge < -0.3 is 5.32 Å². The van der Waals surface area contributed by atoms with Gasteiger partial charge in [-0.25, -0.2) is 0 Å². The van der Waals surface area contributed by atoms with E-state index in [1.807, 2.05) is 6.92 Å². The Bertz CT molecular complexity index is 566. The van der Waals surface area contributed by atoms with Gasteiger partial charge in [0.15, 0.2) is 5.69 Å². The van der Waals surface area contributed by atoms with Crippen molar-refractivity contribution in [2.24, 2.45) is 0 Å². The molecule has 1 amide bonds. The predicted molar refractivity (Wildman–Crippen MR) is 67.7 cm³/mol. The van der Waals surface area contributed by atoms with Crippen molar-refractivity contribution in [2.75, 3.05) is 5.32 Å². The molecule has 17 heavy (non-hydrogen) atoms. The fourth-order valence-corrected chi connectivity index (χ4v) is 1.67. The van der Waals surface area contributed by atoms with Crippen LogP contribution in [0.4, 0.5) is 5.69 Å². The number of carbonyl (C=O) groups is 1. The van der Waals surface area contributed by atoms with Crippen molar-refractivity contribution in [2.45, 2.75) is 6.92 Å². The number of aromatic nitrogens is 2. The molecule has 0 spiro atoms. The summed E-state index contributed by atoms with van der Waals surface area (Å²) in [6.07, 6.45) is 0. The van der Waals surface area contributed by atoms with Gasteiger partial charge in [-0.05, 0) is 25.1 Å². The van der Waals surface area contributed by atoms with Crippen LogP contribution in [0.15, 0.2) is 24.3 Å². The highest BCUT2D eigenvalue weighted by Crippen LogP contribution is 2.29. The minimum absolute atomic E-state index is 0.304. The molecule has 0 bridgehead atoms. The van der Waals surface area contributed by atoms with Crippen LogP contribution in [0.5, 0.6) is 0 Å². The lowest BCUT2D eigenvalue weighted by molar-refractivity contribution is 0.102. The summed E-state index contributed by atoms with van der Waals surface area (Å²) in [6.45, 7) is 1.82. The average molecular weight is 270 g/mol. The first kappa shape index (κ1) is 12.0. The van der Waals surface area contributed by atoms with E-state index in [1.54, 1.807) is 24.3 Å². The second-order valence-corrected chi connectivity index (χ2v) is 4.28. The largest absolute Gasteiger partial charge is 0.319 e. The van der Waals surface area contributed by atoms with Gasteiger partial charge in [-0.3, -0.25) is 9.89 Å². The molecule has 0 aliphatic heterocycles. The van der Waals surface area contributed by atoms with E-state index in [1.165, 1.54) is 0 Å². The predicted octanol–water partition coefficient (Wildman–Crippen LogP) is 3.28. The molecule has 6 heteroatoms. The summed E-state index contributed by atoms with van der Waals surface area (Å²) in [5, 5.41) is 9.89. The van der Waals surface area contributed by atoms with Crippen LogP contribution in [-0.2, 0) is 0 Å². The summed E-state index contributed by atoms with van der Waals surface area (Å²) < 4.78 is 0. The van der Waals surface area contributed by atoms with Crippen molar-refractivity contribution in [3.63, 3.8) is 0 Å². The van der Waals surface area contributed by atoms with Crippen molar-refractivity contribution in [1.82, 2.24) is 10.2 Å². The van der Waals surface area contributed by atoms with Crippen molar-refractivity contribution in [1.29, 1.82) is 0 Å². The summed E-state index contributed by atoms with van der Waals surface area (Å²) in [6, 6.07) is 6.68. The molecule has 0 unspecified atom stereocenters. The molecule has 0 saturated carbocycles. The first-order valence-corrected chi connectivity index (χ1v) is 5.61. The Morgan fingerprint density at radius 2 is 2.18 bits per heavy atom. The number of hydrogen-bond donors (Lipinski definition) is 2. The van der Waals surface area contributed by atoms with Gasteiger partial charge in [-0.2, -0.15) is 5.10 Å². The lowest BCUT2D eigenvalue weighted by Gasteiger charge is -2.06. The lowest BCUT2D eigenvalue weighted by Crippen LogP contribution is -2.12. The van der Waals surface area contributed by atoms with E-state index in [4.69, 9.17) is 23.2 Å². The Balaban J connectivity index is 2.21. The number of hydrogen-bond acceptors (Lipinski definition) is 2. The van der Waals surface area contributed by atoms with Gasteiger partial charge in [0.05, 0.1) is 15.7 Å². The molecule has 0 aliphatic carbocycles. The van der Waals surface area contributed by atoms with E-state index < -0.39 is 0 Å². The van der Waals surface area contributed by atoms with Crippen LogP contribution in [0, 0.1) is 6.92 Å². The van der Waals surface area contributed by atoms with E-state index in [-0.39, 0.29) is 5.91 Å². The molecule has 2 aromatic rings. The summed E-state index contributed by atoms with van der Waals surface area (Å²) in [5.41, 5.74) is 1.58. The van der Waals surface area contributed by atoms with E-state index in [0.717, 1.165) is 5.69 Å². The molecule has 2 rings (SSSR count). The van der Waals surface area contributed by atoms with Crippen LogP contribution >= 0.6 is 23.2 Å². The molecular weight excluding hydrogens is 261 g/mol. The number of nitrogens with one attached hydrogen (secondary N) is 2. The summed E-state index contributed by atoms with van der Waals surface area (Å²) in [5.74, 6) is -0.335. The second-order valence-electron chi connectivity index (χ2n) is 3.49. The fourth-order valence-electron chi connectivity index (χ4n) is 1.32. The zero-order chi connectivity index (χ0) is 12.4. The molecule has 0 atom stereocenters. The number of amides is 1. The highest BCUT2D eigenvalue weighted by molar-refractivity contribution is 6.44. The van der Waals surface area contributed by atoms with Crippen molar-refractivity contribution in [3.8, 4) is 0 Å². The summed E-state index contributed by atoms with van der Waals surface area (Å²) in [7, 11) is 0. The number of carbonyl (C=O) groups excluding carboxylic acids is 1. The smallest absolute Gasteiger partial charge is 0.276 e. The van der Waals surface area contributed by atoms with Gasteiger partial charge in [-0.1, -0.05) is 29.3 Å². The zero-order valence-corrected chi connectivity index (χ0v) is 10.4. The minimum atomic E-state index is -0.335. The Morgan fingerprint density at radius 1 is 1.41 bits per heavy atom. The summed E-state index contributed by atoms with van der Waals surface area (Å²) >= 11 is 11.8. The number of benzene rings is 1. The maximum Gasteiger partial charge on any atom is 0.276 e.